The number of hydrogen-bond acceptors (Lipinski definition) is 4. The van der Waals surface area contributed by atoms with Gasteiger partial charge in [-0.2, -0.15) is 5.10 Å². The summed E-state index contributed by atoms with van der Waals surface area (Å²) in [6.07, 6.45) is 1.47. The third-order valence-electron chi connectivity index (χ3n) is 4.46. The van der Waals surface area contributed by atoms with Crippen molar-refractivity contribution in [3.8, 4) is 5.75 Å². The Labute approximate surface area is 203 Å². The second kappa shape index (κ2) is 11.1. The Morgan fingerprint density at radius 2 is 1.69 bits per heavy atom. The van der Waals surface area contributed by atoms with Crippen molar-refractivity contribution in [2.24, 2.45) is 5.10 Å². The molecule has 6 nitrogen and oxygen atoms in total. The van der Waals surface area contributed by atoms with E-state index in [1.54, 1.807) is 42.5 Å². The summed E-state index contributed by atoms with van der Waals surface area (Å²) in [4.78, 5) is 24.5. The van der Waals surface area contributed by atoms with Crippen LogP contribution in [0.3, 0.4) is 0 Å². The van der Waals surface area contributed by atoms with Crippen LogP contribution >= 0.6 is 31.9 Å². The minimum atomic E-state index is -0.334. The van der Waals surface area contributed by atoms with E-state index < -0.39 is 0 Å². The van der Waals surface area contributed by atoms with Crippen molar-refractivity contribution in [1.29, 1.82) is 0 Å². The number of carbonyl (C=O) groups is 2. The fourth-order valence-corrected chi connectivity index (χ4v) is 3.50. The zero-order chi connectivity index (χ0) is 23.1. The first-order chi connectivity index (χ1) is 15.3. The summed E-state index contributed by atoms with van der Waals surface area (Å²) in [6, 6.07) is 18.1. The quantitative estimate of drug-likeness (QED) is 0.292. The van der Waals surface area contributed by atoms with Crippen LogP contribution in [0.15, 0.2) is 74.7 Å². The third kappa shape index (κ3) is 6.77. The van der Waals surface area contributed by atoms with E-state index in [0.29, 0.717) is 16.9 Å². The number of halogens is 2. The van der Waals surface area contributed by atoms with Crippen LogP contribution in [-0.4, -0.2) is 24.6 Å². The van der Waals surface area contributed by atoms with Crippen molar-refractivity contribution >= 4 is 55.6 Å². The first-order valence-electron chi connectivity index (χ1n) is 9.70. The van der Waals surface area contributed by atoms with E-state index in [9.17, 15) is 9.59 Å². The maximum absolute atomic E-state index is 12.3. The molecule has 0 aliphatic rings. The van der Waals surface area contributed by atoms with Crippen LogP contribution in [-0.2, 0) is 4.79 Å². The fraction of sp³-hybridized carbons (Fsp3) is 0.125. The number of carbonyl (C=O) groups excluding carboxylic acids is 2. The Hall–Kier alpha value is -2.97. The zero-order valence-corrected chi connectivity index (χ0v) is 20.7. The maximum Gasteiger partial charge on any atom is 0.271 e. The highest BCUT2D eigenvalue weighted by Gasteiger charge is 2.09. The predicted molar refractivity (Wildman–Crippen MR) is 133 cm³/mol. The third-order valence-corrected chi connectivity index (χ3v) is 5.48. The minimum Gasteiger partial charge on any atom is -0.483 e. The topological polar surface area (TPSA) is 79.8 Å². The van der Waals surface area contributed by atoms with Gasteiger partial charge in [0.2, 0.25) is 0 Å². The van der Waals surface area contributed by atoms with Gasteiger partial charge < -0.3 is 10.1 Å². The number of hydrazone groups is 1. The second-order valence-corrected chi connectivity index (χ2v) is 8.87. The van der Waals surface area contributed by atoms with Gasteiger partial charge in [0.15, 0.2) is 6.61 Å². The minimum absolute atomic E-state index is 0.166. The second-order valence-electron chi connectivity index (χ2n) is 7.04. The van der Waals surface area contributed by atoms with E-state index in [1.165, 1.54) is 6.21 Å². The molecule has 3 rings (SSSR count). The van der Waals surface area contributed by atoms with Gasteiger partial charge in [0.1, 0.15) is 5.75 Å². The normalized spacial score (nSPS) is 10.8. The molecule has 3 aromatic rings. The fourth-order valence-electron chi connectivity index (χ4n) is 2.86. The van der Waals surface area contributed by atoms with Crippen LogP contribution in [0.25, 0.3) is 0 Å². The molecule has 3 aromatic carbocycles. The average Bonchev–Trinajstić information content (AvgIpc) is 2.75. The molecule has 0 fully saturated rings. The summed E-state index contributed by atoms with van der Waals surface area (Å²) in [5, 5.41) is 6.87. The number of amides is 2. The van der Waals surface area contributed by atoms with E-state index >= 15 is 0 Å². The molecule has 2 N–H and O–H groups in total. The highest BCUT2D eigenvalue weighted by Crippen LogP contribution is 2.22. The SMILES string of the molecule is Cc1ccc(NC(=O)COc2ccc(Br)cc2/C=N/NC(=O)c2ccc(Br)cc2)c(C)c1. The first kappa shape index (κ1) is 23.7. The van der Waals surface area contributed by atoms with Gasteiger partial charge >= 0.3 is 0 Å². The van der Waals surface area contributed by atoms with Gasteiger partial charge in [-0.25, -0.2) is 5.43 Å². The molecule has 164 valence electrons. The number of benzene rings is 3. The Balaban J connectivity index is 1.62. The van der Waals surface area contributed by atoms with E-state index in [0.717, 1.165) is 25.8 Å². The van der Waals surface area contributed by atoms with Crippen molar-refractivity contribution in [3.63, 3.8) is 0 Å². The smallest absolute Gasteiger partial charge is 0.271 e. The summed E-state index contributed by atoms with van der Waals surface area (Å²) in [6.45, 7) is 3.77. The molecule has 0 saturated heterocycles. The summed E-state index contributed by atoms with van der Waals surface area (Å²) in [7, 11) is 0. The van der Waals surface area contributed by atoms with Gasteiger partial charge in [-0.3, -0.25) is 9.59 Å². The van der Waals surface area contributed by atoms with E-state index in [2.05, 4.69) is 47.7 Å². The van der Waals surface area contributed by atoms with Crippen molar-refractivity contribution in [3.05, 3.63) is 91.9 Å². The summed E-state index contributed by atoms with van der Waals surface area (Å²) >= 11 is 6.74. The molecule has 0 saturated carbocycles. The van der Waals surface area contributed by atoms with Crippen molar-refractivity contribution in [2.75, 3.05) is 11.9 Å². The first-order valence-corrected chi connectivity index (χ1v) is 11.3. The van der Waals surface area contributed by atoms with E-state index in [-0.39, 0.29) is 18.4 Å². The van der Waals surface area contributed by atoms with Crippen LogP contribution < -0.4 is 15.5 Å². The molecule has 0 aromatic heterocycles. The molecule has 0 aliphatic heterocycles. The highest BCUT2D eigenvalue weighted by molar-refractivity contribution is 9.10. The van der Waals surface area contributed by atoms with Crippen LogP contribution in [0.5, 0.6) is 5.75 Å². The standard InChI is InChI=1S/C24H21Br2N3O3/c1-15-3-9-21(16(2)11-15)28-23(30)14-32-22-10-8-20(26)12-18(22)13-27-29-24(31)17-4-6-19(25)7-5-17/h3-13H,14H2,1-2H3,(H,28,30)(H,29,31)/b27-13+. The summed E-state index contributed by atoms with van der Waals surface area (Å²) < 4.78 is 7.40. The van der Waals surface area contributed by atoms with E-state index in [4.69, 9.17) is 4.74 Å². The van der Waals surface area contributed by atoms with Crippen LogP contribution in [0.1, 0.15) is 27.0 Å². The molecule has 32 heavy (non-hydrogen) atoms. The maximum atomic E-state index is 12.3. The van der Waals surface area contributed by atoms with Crippen LogP contribution in [0.2, 0.25) is 0 Å². The highest BCUT2D eigenvalue weighted by atomic mass is 79.9. The number of rotatable bonds is 7. The Kier molecular flexibility index (Phi) is 8.19. The molecule has 8 heteroatoms. The Bertz CT molecular complexity index is 1160. The molecule has 0 radical (unpaired) electrons. The largest absolute Gasteiger partial charge is 0.483 e. The number of aryl methyl sites for hydroxylation is 2. The Morgan fingerprint density at radius 3 is 2.41 bits per heavy atom. The lowest BCUT2D eigenvalue weighted by Crippen LogP contribution is -2.21. The number of anilines is 1. The van der Waals surface area contributed by atoms with Crippen molar-refractivity contribution in [1.82, 2.24) is 5.43 Å². The van der Waals surface area contributed by atoms with Gasteiger partial charge in [-0.05, 0) is 67.9 Å². The molecule has 0 aliphatic carbocycles. The Morgan fingerprint density at radius 1 is 0.969 bits per heavy atom. The zero-order valence-electron chi connectivity index (χ0n) is 17.5. The van der Waals surface area contributed by atoms with Gasteiger partial charge in [0.25, 0.3) is 11.8 Å². The molecule has 0 unspecified atom stereocenters. The molecular formula is C24H21Br2N3O3. The molecule has 2 amide bonds. The van der Waals surface area contributed by atoms with Gasteiger partial charge in [0.05, 0.1) is 6.21 Å². The molecule has 0 bridgehead atoms. The average molecular weight is 559 g/mol. The van der Waals surface area contributed by atoms with Crippen molar-refractivity contribution < 1.29 is 14.3 Å². The monoisotopic (exact) mass is 557 g/mol. The number of nitrogens with zero attached hydrogens (tertiary/aromatic N) is 1. The predicted octanol–water partition coefficient (Wildman–Crippen LogP) is 5.61. The lowest BCUT2D eigenvalue weighted by molar-refractivity contribution is -0.118. The van der Waals surface area contributed by atoms with Gasteiger partial charge in [-0.1, -0.05) is 49.6 Å². The lowest BCUT2D eigenvalue weighted by Gasteiger charge is -2.12. The van der Waals surface area contributed by atoms with Crippen LogP contribution in [0, 0.1) is 13.8 Å². The van der Waals surface area contributed by atoms with Crippen molar-refractivity contribution in [2.45, 2.75) is 13.8 Å². The summed E-state index contributed by atoms with van der Waals surface area (Å²) in [5.41, 5.74) is 6.44. The summed E-state index contributed by atoms with van der Waals surface area (Å²) in [5.74, 6) is -0.143. The molecule has 0 atom stereocenters. The molecule has 0 spiro atoms. The molecule has 0 heterocycles. The number of nitrogens with one attached hydrogen (secondary N) is 2. The van der Waals surface area contributed by atoms with Gasteiger partial charge in [-0.15, -0.1) is 0 Å². The number of ether oxygens (including phenoxy) is 1. The molecular weight excluding hydrogens is 538 g/mol. The number of hydrogen-bond donors (Lipinski definition) is 2. The lowest BCUT2D eigenvalue weighted by atomic mass is 10.1. The van der Waals surface area contributed by atoms with Crippen LogP contribution in [0.4, 0.5) is 5.69 Å². The van der Waals surface area contributed by atoms with Gasteiger partial charge in [0, 0.05) is 25.8 Å². The van der Waals surface area contributed by atoms with E-state index in [1.807, 2.05) is 32.0 Å².